The van der Waals surface area contributed by atoms with Crippen molar-refractivity contribution in [2.75, 3.05) is 7.11 Å². The van der Waals surface area contributed by atoms with E-state index in [4.69, 9.17) is 4.74 Å². The summed E-state index contributed by atoms with van der Waals surface area (Å²) in [5.41, 5.74) is 11.5. The molecule has 16 heteroatoms. The zero-order valence-corrected chi connectivity index (χ0v) is 65.0. The van der Waals surface area contributed by atoms with Crippen LogP contribution < -0.4 is 4.74 Å². The molecule has 0 saturated carbocycles. The van der Waals surface area contributed by atoms with E-state index < -0.39 is 0 Å². The maximum atomic E-state index is 10.6. The van der Waals surface area contributed by atoms with Crippen LogP contribution in [0.5, 0.6) is 34.5 Å². The summed E-state index contributed by atoms with van der Waals surface area (Å²) in [7, 11) is 1.52. The van der Waals surface area contributed by atoms with Crippen LogP contribution in [0.4, 0.5) is 28.4 Å². The van der Waals surface area contributed by atoms with Crippen LogP contribution in [-0.4, -0.2) is 63.7 Å². The van der Waals surface area contributed by atoms with Crippen LogP contribution in [0.3, 0.4) is 0 Å². The molecule has 16 rings (SSSR count). The minimum atomic E-state index is 0. The van der Waals surface area contributed by atoms with E-state index in [9.17, 15) is 25.5 Å². The molecule has 11 nitrogen and oxygen atoms in total. The number of fused-ring (bicyclic) bond motifs is 5. The number of hydrogen-bond donors (Lipinski definition) is 5. The van der Waals surface area contributed by atoms with Crippen LogP contribution >= 0.6 is 0 Å². The summed E-state index contributed by atoms with van der Waals surface area (Å²) in [6, 6.07) is 110. The summed E-state index contributed by atoms with van der Waals surface area (Å²) in [6.07, 6.45) is 8.52. The first-order chi connectivity index (χ1) is 51.5. The molecule has 0 spiro atoms. The number of phenolic OH excluding ortho intramolecular Hbond substituents is 5. The Morgan fingerprint density at radius 2 is 0.564 bits per heavy atom. The van der Waals surface area contributed by atoms with E-state index in [1.54, 1.807) is 49.3 Å². The van der Waals surface area contributed by atoms with Gasteiger partial charge in [0.05, 0.1) is 35.5 Å². The minimum absolute atomic E-state index is 0. The number of benzene rings is 16. The molecule has 5 N–H and O–H groups in total. The van der Waals surface area contributed by atoms with Crippen LogP contribution in [0.15, 0.2) is 365 Å². The van der Waals surface area contributed by atoms with Gasteiger partial charge in [-0.15, -0.1) is 0 Å². The molecule has 0 heterocycles. The van der Waals surface area contributed by atoms with Crippen LogP contribution in [0.25, 0.3) is 65.0 Å². The molecule has 557 valence electrons. The molecular weight excluding hydrogens is 1590 g/mol. The number of phenols is 5. The predicted molar refractivity (Wildman–Crippen MR) is 438 cm³/mol. The quantitative estimate of drug-likeness (QED) is 0.0762. The molecule has 110 heavy (non-hydrogen) atoms. The van der Waals surface area contributed by atoms with Gasteiger partial charge in [0.15, 0.2) is 11.5 Å². The van der Waals surface area contributed by atoms with Gasteiger partial charge in [-0.2, -0.15) is 0 Å². The SMILES string of the molecule is COc1cccc(C=Nc2ccccc2)c1O.Cc1cccc(C=Nc2cccc3ccccc23)c1O.Cc1cccc(C=Nc2cccc3ccccc23)c1O.Oc1c(C=Nc2cccc3ccccc23)cccc1-c1ccccc1.Oc1ccc2ccccc2c1C=Nc1cccc2ccccc12.[Co].[Co].[Co].[Co].[Co]. The molecular formula is C94H75Co5N5O6. The van der Waals surface area contributed by atoms with Gasteiger partial charge >= 0.3 is 0 Å². The van der Waals surface area contributed by atoms with Crippen LogP contribution in [0.1, 0.15) is 38.9 Å². The van der Waals surface area contributed by atoms with Crippen molar-refractivity contribution in [3.8, 4) is 45.6 Å². The Morgan fingerprint density at radius 3 is 0.982 bits per heavy atom. The molecule has 16 aromatic rings. The van der Waals surface area contributed by atoms with Crippen molar-refractivity contribution in [2.24, 2.45) is 25.0 Å². The van der Waals surface area contributed by atoms with Crippen molar-refractivity contribution in [3.05, 3.63) is 379 Å². The van der Waals surface area contributed by atoms with E-state index in [1.165, 1.54) is 7.11 Å². The van der Waals surface area contributed by atoms with Gasteiger partial charge in [-0.3, -0.25) is 25.0 Å². The van der Waals surface area contributed by atoms with E-state index in [1.807, 2.05) is 263 Å². The second-order valence-electron chi connectivity index (χ2n) is 24.4. The van der Waals surface area contributed by atoms with Crippen molar-refractivity contribution in [2.45, 2.75) is 13.8 Å². The first kappa shape index (κ1) is 85.7. The van der Waals surface area contributed by atoms with Crippen LogP contribution in [0.2, 0.25) is 0 Å². The normalized spacial score (nSPS) is 10.7. The molecule has 0 aliphatic heterocycles. The van der Waals surface area contributed by atoms with Crippen molar-refractivity contribution >= 4 is 113 Å². The maximum absolute atomic E-state index is 10.6. The standard InChI is InChI=1S/C23H17NO.C21H15NO.2C18H15NO.C14H13NO2.5Co/c25-23-19(12-6-14-21(23)18-8-2-1-3-9-18)16-24-22-15-7-11-17-10-4-5-13-20(17)22;23-21-13-12-16-7-1-3-9-17(16)19(21)14-22-20-11-5-8-15-6-2-4-10-18(15)20;2*1-13-6-4-9-15(18(13)20)12-19-17-11-5-8-14-7-2-3-10-16(14)17;1-17-13-9-5-6-11(14(13)16)10-15-12-7-3-2-4-8-12;;;;;/h1-16,25H;1-14,23H;2*2-12,20H,1H3;2-10,16H,1H3;;;;;. The predicted octanol–water partition coefficient (Wildman–Crippen LogP) is 23.8. The smallest absolute Gasteiger partial charge is 0.166 e. The van der Waals surface area contributed by atoms with Gasteiger partial charge in [-0.1, -0.05) is 267 Å². The van der Waals surface area contributed by atoms with E-state index in [2.05, 4.69) is 97.8 Å². The van der Waals surface area contributed by atoms with E-state index in [0.717, 1.165) is 121 Å². The van der Waals surface area contributed by atoms with Crippen molar-refractivity contribution in [1.29, 1.82) is 0 Å². The topological polar surface area (TPSA) is 172 Å². The number of aryl methyl sites for hydroxylation is 2. The first-order valence-corrected chi connectivity index (χ1v) is 34.2. The number of methoxy groups -OCH3 is 1. The average Bonchev–Trinajstić information content (AvgIpc) is 0.817. The number of aromatic hydroxyl groups is 5. The third-order valence-electron chi connectivity index (χ3n) is 17.4. The van der Waals surface area contributed by atoms with Crippen molar-refractivity contribution < 1.29 is 114 Å². The Hall–Kier alpha value is -11.5. The minimum Gasteiger partial charge on any atom is -0.507 e. The van der Waals surface area contributed by atoms with Gasteiger partial charge in [-0.25, -0.2) is 0 Å². The molecule has 16 aromatic carbocycles. The first-order valence-electron chi connectivity index (χ1n) is 34.2. The second kappa shape index (κ2) is 42.9. The van der Waals surface area contributed by atoms with Gasteiger partial charge < -0.3 is 30.3 Å². The van der Waals surface area contributed by atoms with Gasteiger partial charge in [0.25, 0.3) is 0 Å². The third-order valence-corrected chi connectivity index (χ3v) is 17.4. The maximum Gasteiger partial charge on any atom is 0.166 e. The summed E-state index contributed by atoms with van der Waals surface area (Å²) in [6.45, 7) is 3.76. The van der Waals surface area contributed by atoms with Gasteiger partial charge in [-0.05, 0) is 136 Å². The molecule has 0 aliphatic rings. The summed E-state index contributed by atoms with van der Waals surface area (Å²) in [5, 5.41) is 61.8. The Bertz CT molecular complexity index is 5710. The number of rotatable bonds is 12. The number of ether oxygens (including phenoxy) is 1. The van der Waals surface area contributed by atoms with Crippen molar-refractivity contribution in [3.63, 3.8) is 0 Å². The molecule has 0 bridgehead atoms. The van der Waals surface area contributed by atoms with Gasteiger partial charge in [0.1, 0.15) is 23.0 Å². The molecule has 5 radical (unpaired) electrons. The Labute approximate surface area is 692 Å². The van der Waals surface area contributed by atoms with Crippen LogP contribution in [-0.2, 0) is 83.9 Å². The molecule has 0 amide bonds. The average molecular weight is 1670 g/mol. The third kappa shape index (κ3) is 22.1. The zero-order chi connectivity index (χ0) is 72.7. The zero-order valence-electron chi connectivity index (χ0n) is 59.8. The van der Waals surface area contributed by atoms with Gasteiger partial charge in [0.2, 0.25) is 0 Å². The Kier molecular flexibility index (Phi) is 33.4. The molecule has 0 fully saturated rings. The Morgan fingerprint density at radius 1 is 0.255 bits per heavy atom. The summed E-state index contributed by atoms with van der Waals surface area (Å²) >= 11 is 0. The number of hydrogen-bond acceptors (Lipinski definition) is 11. The monoisotopic (exact) mass is 1660 g/mol. The molecule has 0 aliphatic carbocycles. The molecule has 0 aromatic heterocycles. The fourth-order valence-corrected chi connectivity index (χ4v) is 11.8. The van der Waals surface area contributed by atoms with E-state index in [0.29, 0.717) is 16.9 Å². The summed E-state index contributed by atoms with van der Waals surface area (Å²) in [5.74, 6) is 1.62. The Balaban J connectivity index is 0.000000190. The summed E-state index contributed by atoms with van der Waals surface area (Å²) in [4.78, 5) is 22.6. The number of nitrogens with zero attached hydrogens (tertiary/aromatic N) is 5. The molecule has 0 saturated heterocycles. The van der Waals surface area contributed by atoms with E-state index in [-0.39, 0.29) is 113 Å². The number of para-hydroxylation sites is 5. The fraction of sp³-hybridized carbons (Fsp3) is 0.0319. The van der Waals surface area contributed by atoms with Gasteiger partial charge in [0, 0.05) is 170 Å². The van der Waals surface area contributed by atoms with E-state index >= 15 is 0 Å². The molecule has 0 unspecified atom stereocenters. The number of aliphatic imine (C=N–C) groups is 5. The molecule has 0 atom stereocenters. The van der Waals surface area contributed by atoms with Crippen molar-refractivity contribution in [1.82, 2.24) is 0 Å². The summed E-state index contributed by atoms with van der Waals surface area (Å²) < 4.78 is 5.03. The fourth-order valence-electron chi connectivity index (χ4n) is 11.8. The van der Waals surface area contributed by atoms with Crippen LogP contribution in [0, 0.1) is 13.8 Å². The largest absolute Gasteiger partial charge is 0.507 e. The second-order valence-corrected chi connectivity index (χ2v) is 24.4.